The number of nitrogens with one attached hydrogen (secondary N) is 1. The molecule has 0 spiro atoms. The topological polar surface area (TPSA) is 44.7 Å². The van der Waals surface area contributed by atoms with Gasteiger partial charge in [-0.1, -0.05) is 0 Å². The van der Waals surface area contributed by atoms with E-state index in [0.29, 0.717) is 25.8 Å². The van der Waals surface area contributed by atoms with E-state index in [0.717, 1.165) is 12.5 Å². The van der Waals surface area contributed by atoms with Crippen LogP contribution < -0.4 is 5.32 Å². The first-order valence-corrected chi connectivity index (χ1v) is 6.54. The van der Waals surface area contributed by atoms with Gasteiger partial charge in [0.25, 0.3) is 0 Å². The molecule has 0 saturated carbocycles. The molecule has 0 amide bonds. The quantitative estimate of drug-likeness (QED) is 0.709. The summed E-state index contributed by atoms with van der Waals surface area (Å²) < 4.78 is 5.26. The lowest BCUT2D eigenvalue weighted by Crippen LogP contribution is -2.48. The molecule has 4 heteroatoms. The number of ether oxygens (including phenoxy) is 1. The zero-order valence-corrected chi connectivity index (χ0v) is 9.82. The highest BCUT2D eigenvalue weighted by Crippen LogP contribution is 2.28. The maximum Gasteiger partial charge on any atom is 0.102 e. The Hall–Kier alpha value is -0.160. The average molecular weight is 226 g/mol. The Kier molecular flexibility index (Phi) is 2.92. The molecule has 3 unspecified atom stereocenters. The Morgan fingerprint density at radius 3 is 3.12 bits per heavy atom. The monoisotopic (exact) mass is 226 g/mol. The van der Waals surface area contributed by atoms with Crippen molar-refractivity contribution in [3.8, 4) is 0 Å². The highest BCUT2D eigenvalue weighted by molar-refractivity contribution is 4.97. The summed E-state index contributed by atoms with van der Waals surface area (Å²) in [4.78, 5) is 2.59. The standard InChI is InChI=1S/C12H22N2O2/c15-12(4-7-16-9-12)8-13-10-3-6-14-5-1-2-11(10)14/h10-11,13,15H,1-9H2. The molecule has 92 valence electrons. The molecule has 3 heterocycles. The van der Waals surface area contributed by atoms with Crippen LogP contribution in [0.2, 0.25) is 0 Å². The molecule has 0 bridgehead atoms. The summed E-state index contributed by atoms with van der Waals surface area (Å²) in [5, 5.41) is 13.8. The first-order valence-electron chi connectivity index (χ1n) is 6.54. The first kappa shape index (κ1) is 11.0. The zero-order valence-electron chi connectivity index (χ0n) is 9.82. The van der Waals surface area contributed by atoms with E-state index in [1.165, 1.54) is 32.4 Å². The van der Waals surface area contributed by atoms with Crippen molar-refractivity contribution in [3.63, 3.8) is 0 Å². The Bertz CT molecular complexity index is 253. The third-order valence-corrected chi connectivity index (χ3v) is 4.38. The zero-order chi connectivity index (χ0) is 11.0. The lowest BCUT2D eigenvalue weighted by molar-refractivity contribution is 0.0241. The lowest BCUT2D eigenvalue weighted by Gasteiger charge is -2.26. The Balaban J connectivity index is 1.51. The second kappa shape index (κ2) is 4.26. The molecular formula is C12H22N2O2. The summed E-state index contributed by atoms with van der Waals surface area (Å²) in [6.45, 7) is 4.41. The second-order valence-corrected chi connectivity index (χ2v) is 5.55. The van der Waals surface area contributed by atoms with Gasteiger partial charge in [0.2, 0.25) is 0 Å². The number of aliphatic hydroxyl groups is 1. The SMILES string of the molecule is OC1(CNC2CCN3CCCC23)CCOC1. The smallest absolute Gasteiger partial charge is 0.102 e. The van der Waals surface area contributed by atoms with Crippen LogP contribution in [0, 0.1) is 0 Å². The van der Waals surface area contributed by atoms with Crippen LogP contribution in [0.4, 0.5) is 0 Å². The number of rotatable bonds is 3. The number of hydrogen-bond donors (Lipinski definition) is 2. The Morgan fingerprint density at radius 1 is 1.38 bits per heavy atom. The van der Waals surface area contributed by atoms with Crippen molar-refractivity contribution in [3.05, 3.63) is 0 Å². The van der Waals surface area contributed by atoms with Gasteiger partial charge in [0.1, 0.15) is 5.60 Å². The van der Waals surface area contributed by atoms with Crippen LogP contribution in [0.5, 0.6) is 0 Å². The molecule has 3 atom stereocenters. The van der Waals surface area contributed by atoms with Crippen molar-refractivity contribution in [2.45, 2.75) is 43.4 Å². The van der Waals surface area contributed by atoms with E-state index in [4.69, 9.17) is 4.74 Å². The molecule has 3 fully saturated rings. The van der Waals surface area contributed by atoms with Gasteiger partial charge in [-0.05, 0) is 25.8 Å². The number of fused-ring (bicyclic) bond motifs is 1. The second-order valence-electron chi connectivity index (χ2n) is 5.55. The average Bonchev–Trinajstić information content (AvgIpc) is 2.91. The summed E-state index contributed by atoms with van der Waals surface area (Å²) in [5.41, 5.74) is -0.605. The Morgan fingerprint density at radius 2 is 2.31 bits per heavy atom. The van der Waals surface area contributed by atoms with Gasteiger partial charge in [0.15, 0.2) is 0 Å². The fourth-order valence-electron chi connectivity index (χ4n) is 3.38. The number of nitrogens with zero attached hydrogens (tertiary/aromatic N) is 1. The van der Waals surface area contributed by atoms with Crippen molar-refractivity contribution < 1.29 is 9.84 Å². The third-order valence-electron chi connectivity index (χ3n) is 4.38. The van der Waals surface area contributed by atoms with Crippen molar-refractivity contribution in [2.24, 2.45) is 0 Å². The lowest BCUT2D eigenvalue weighted by atomic mass is 10.0. The van der Waals surface area contributed by atoms with Crippen LogP contribution in [0.1, 0.15) is 25.7 Å². The number of hydrogen-bond acceptors (Lipinski definition) is 4. The van der Waals surface area contributed by atoms with Crippen LogP contribution in [0.15, 0.2) is 0 Å². The molecule has 3 rings (SSSR count). The van der Waals surface area contributed by atoms with Gasteiger partial charge < -0.3 is 15.2 Å². The van der Waals surface area contributed by atoms with Gasteiger partial charge >= 0.3 is 0 Å². The molecule has 0 aromatic rings. The van der Waals surface area contributed by atoms with E-state index in [9.17, 15) is 5.11 Å². The van der Waals surface area contributed by atoms with E-state index in [1.54, 1.807) is 0 Å². The predicted octanol–water partition coefficient (Wildman–Crippen LogP) is -0.0359. The van der Waals surface area contributed by atoms with Gasteiger partial charge in [-0.2, -0.15) is 0 Å². The minimum Gasteiger partial charge on any atom is -0.386 e. The van der Waals surface area contributed by atoms with Gasteiger partial charge in [0.05, 0.1) is 6.61 Å². The van der Waals surface area contributed by atoms with Crippen molar-refractivity contribution in [2.75, 3.05) is 32.8 Å². The van der Waals surface area contributed by atoms with Crippen LogP contribution in [-0.4, -0.2) is 60.5 Å². The minimum atomic E-state index is -0.605. The molecule has 0 radical (unpaired) electrons. The van der Waals surface area contributed by atoms with Crippen LogP contribution in [0.25, 0.3) is 0 Å². The highest BCUT2D eigenvalue weighted by Gasteiger charge is 2.39. The fourth-order valence-corrected chi connectivity index (χ4v) is 3.38. The molecule has 0 aromatic heterocycles. The van der Waals surface area contributed by atoms with E-state index in [-0.39, 0.29) is 0 Å². The van der Waals surface area contributed by atoms with E-state index in [2.05, 4.69) is 10.2 Å². The third kappa shape index (κ3) is 1.99. The van der Waals surface area contributed by atoms with E-state index < -0.39 is 5.60 Å². The van der Waals surface area contributed by atoms with Gasteiger partial charge in [-0.25, -0.2) is 0 Å². The fraction of sp³-hybridized carbons (Fsp3) is 1.00. The molecular weight excluding hydrogens is 204 g/mol. The Labute approximate surface area is 97.0 Å². The normalized spacial score (nSPS) is 44.1. The first-order chi connectivity index (χ1) is 7.77. The molecule has 16 heavy (non-hydrogen) atoms. The summed E-state index contributed by atoms with van der Waals surface area (Å²) in [5.74, 6) is 0. The minimum absolute atomic E-state index is 0.501. The van der Waals surface area contributed by atoms with Gasteiger partial charge in [-0.15, -0.1) is 0 Å². The summed E-state index contributed by atoms with van der Waals surface area (Å²) >= 11 is 0. The van der Waals surface area contributed by atoms with Gasteiger partial charge in [-0.3, -0.25) is 4.90 Å². The summed E-state index contributed by atoms with van der Waals surface area (Å²) in [6.07, 6.45) is 4.69. The molecule has 3 aliphatic heterocycles. The maximum atomic E-state index is 10.2. The van der Waals surface area contributed by atoms with Crippen LogP contribution in [-0.2, 0) is 4.74 Å². The molecule has 3 aliphatic rings. The largest absolute Gasteiger partial charge is 0.386 e. The summed E-state index contributed by atoms with van der Waals surface area (Å²) in [6, 6.07) is 1.32. The summed E-state index contributed by atoms with van der Waals surface area (Å²) in [7, 11) is 0. The highest BCUT2D eigenvalue weighted by atomic mass is 16.5. The molecule has 0 aromatic carbocycles. The molecule has 4 nitrogen and oxygen atoms in total. The molecule has 3 saturated heterocycles. The van der Waals surface area contributed by atoms with Crippen molar-refractivity contribution in [1.82, 2.24) is 10.2 Å². The van der Waals surface area contributed by atoms with Gasteiger partial charge in [0, 0.05) is 38.2 Å². The molecule has 2 N–H and O–H groups in total. The predicted molar refractivity (Wildman–Crippen MR) is 61.4 cm³/mol. The van der Waals surface area contributed by atoms with Crippen molar-refractivity contribution >= 4 is 0 Å². The van der Waals surface area contributed by atoms with Crippen molar-refractivity contribution in [1.29, 1.82) is 0 Å². The van der Waals surface area contributed by atoms with E-state index >= 15 is 0 Å². The van der Waals surface area contributed by atoms with E-state index in [1.807, 2.05) is 0 Å². The van der Waals surface area contributed by atoms with Crippen LogP contribution in [0.3, 0.4) is 0 Å². The van der Waals surface area contributed by atoms with Crippen LogP contribution >= 0.6 is 0 Å². The molecule has 0 aliphatic carbocycles. The maximum absolute atomic E-state index is 10.2.